The monoisotopic (exact) mass is 243 g/mol. The second-order valence-electron chi connectivity index (χ2n) is 3.82. The van der Waals surface area contributed by atoms with Crippen molar-refractivity contribution in [2.75, 3.05) is 25.1 Å². The third-order valence-electron chi connectivity index (χ3n) is 2.79. The van der Waals surface area contributed by atoms with Crippen LogP contribution in [0.2, 0.25) is 5.02 Å². The van der Waals surface area contributed by atoms with Crippen molar-refractivity contribution < 1.29 is 4.74 Å². The molecule has 1 aliphatic heterocycles. The van der Waals surface area contributed by atoms with E-state index >= 15 is 0 Å². The lowest BCUT2D eigenvalue weighted by Crippen LogP contribution is -2.40. The number of hydrogen-bond donors (Lipinski definition) is 1. The van der Waals surface area contributed by atoms with Gasteiger partial charge in [-0.25, -0.2) is 4.98 Å². The summed E-state index contributed by atoms with van der Waals surface area (Å²) in [6, 6.07) is 0. The summed E-state index contributed by atoms with van der Waals surface area (Å²) in [5.74, 6) is 0.548. The summed E-state index contributed by atoms with van der Waals surface area (Å²) in [5, 5.41) is 0.152. The number of anilines is 1. The molecule has 1 aliphatic rings. The van der Waals surface area contributed by atoms with E-state index < -0.39 is 0 Å². The fourth-order valence-electron chi connectivity index (χ4n) is 1.92. The number of piperidine rings is 1. The highest BCUT2D eigenvalue weighted by molar-refractivity contribution is 6.32. The van der Waals surface area contributed by atoms with Crippen molar-refractivity contribution in [3.63, 3.8) is 0 Å². The van der Waals surface area contributed by atoms with Crippen LogP contribution in [0.3, 0.4) is 0 Å². The highest BCUT2D eigenvalue weighted by atomic mass is 35.5. The van der Waals surface area contributed by atoms with Crippen LogP contribution in [-0.4, -0.2) is 36.3 Å². The molecule has 1 unspecified atom stereocenters. The zero-order valence-corrected chi connectivity index (χ0v) is 9.83. The maximum atomic E-state index is 11.3. The number of ether oxygens (including phenoxy) is 1. The smallest absolute Gasteiger partial charge is 0.271 e. The van der Waals surface area contributed by atoms with Crippen LogP contribution in [0, 0.1) is 0 Å². The number of aromatic nitrogens is 2. The number of hydrogen-bond acceptors (Lipinski definition) is 4. The molecule has 1 saturated heterocycles. The van der Waals surface area contributed by atoms with Gasteiger partial charge in [0, 0.05) is 20.2 Å². The molecule has 0 spiro atoms. The first-order valence-corrected chi connectivity index (χ1v) is 5.61. The van der Waals surface area contributed by atoms with Gasteiger partial charge < -0.3 is 14.6 Å². The topological polar surface area (TPSA) is 58.2 Å². The van der Waals surface area contributed by atoms with E-state index in [0.29, 0.717) is 5.82 Å². The average Bonchev–Trinajstić information content (AvgIpc) is 2.33. The molecule has 1 aromatic heterocycles. The SMILES string of the molecule is COC1CCCN(c2nc[nH]c(=O)c2Cl)C1. The van der Waals surface area contributed by atoms with Gasteiger partial charge in [-0.3, -0.25) is 4.79 Å². The predicted molar refractivity (Wildman–Crippen MR) is 62.1 cm³/mol. The molecule has 0 radical (unpaired) electrons. The fourth-order valence-corrected chi connectivity index (χ4v) is 2.14. The standard InChI is InChI=1S/C10H14ClN3O2/c1-16-7-3-2-4-14(5-7)9-8(11)10(15)13-6-12-9/h6-7H,2-5H2,1H3,(H,12,13,15). The number of halogens is 1. The van der Waals surface area contributed by atoms with E-state index in [2.05, 4.69) is 9.97 Å². The molecule has 0 amide bonds. The molecule has 88 valence electrons. The molecule has 0 saturated carbocycles. The maximum Gasteiger partial charge on any atom is 0.271 e. The first kappa shape index (κ1) is 11.4. The van der Waals surface area contributed by atoms with Gasteiger partial charge in [-0.15, -0.1) is 0 Å². The number of methoxy groups -OCH3 is 1. The molecular formula is C10H14ClN3O2. The molecule has 1 fully saturated rings. The summed E-state index contributed by atoms with van der Waals surface area (Å²) >= 11 is 5.93. The van der Waals surface area contributed by atoms with E-state index in [1.165, 1.54) is 6.33 Å². The van der Waals surface area contributed by atoms with Gasteiger partial charge >= 0.3 is 0 Å². The summed E-state index contributed by atoms with van der Waals surface area (Å²) in [6.45, 7) is 1.59. The zero-order valence-electron chi connectivity index (χ0n) is 9.07. The van der Waals surface area contributed by atoms with Crippen molar-refractivity contribution in [3.05, 3.63) is 21.7 Å². The minimum atomic E-state index is -0.300. The molecule has 6 heteroatoms. The van der Waals surface area contributed by atoms with Crippen molar-refractivity contribution in [1.82, 2.24) is 9.97 Å². The highest BCUT2D eigenvalue weighted by Crippen LogP contribution is 2.23. The summed E-state index contributed by atoms with van der Waals surface area (Å²) in [7, 11) is 1.70. The first-order valence-electron chi connectivity index (χ1n) is 5.23. The van der Waals surface area contributed by atoms with Crippen LogP contribution >= 0.6 is 11.6 Å². The van der Waals surface area contributed by atoms with Gasteiger partial charge in [-0.05, 0) is 12.8 Å². The van der Waals surface area contributed by atoms with Crippen LogP contribution in [0.5, 0.6) is 0 Å². The second kappa shape index (κ2) is 4.84. The number of nitrogens with one attached hydrogen (secondary N) is 1. The molecule has 16 heavy (non-hydrogen) atoms. The lowest BCUT2D eigenvalue weighted by molar-refractivity contribution is 0.0891. The normalized spacial score (nSPS) is 21.1. The van der Waals surface area contributed by atoms with Crippen molar-refractivity contribution in [1.29, 1.82) is 0 Å². The van der Waals surface area contributed by atoms with Gasteiger partial charge in [-0.1, -0.05) is 11.6 Å². The third-order valence-corrected chi connectivity index (χ3v) is 3.13. The molecule has 0 aliphatic carbocycles. The molecular weight excluding hydrogens is 230 g/mol. The fraction of sp³-hybridized carbons (Fsp3) is 0.600. The first-order chi connectivity index (χ1) is 7.72. The van der Waals surface area contributed by atoms with E-state index in [1.807, 2.05) is 4.90 Å². The van der Waals surface area contributed by atoms with Gasteiger partial charge in [0.15, 0.2) is 5.82 Å². The summed E-state index contributed by atoms with van der Waals surface area (Å²) < 4.78 is 5.31. The largest absolute Gasteiger partial charge is 0.380 e. The molecule has 2 rings (SSSR count). The van der Waals surface area contributed by atoms with Crippen molar-refractivity contribution in [2.24, 2.45) is 0 Å². The van der Waals surface area contributed by atoms with Crippen molar-refractivity contribution in [3.8, 4) is 0 Å². The Morgan fingerprint density at radius 3 is 3.25 bits per heavy atom. The molecule has 0 aromatic carbocycles. The quantitative estimate of drug-likeness (QED) is 0.843. The minimum Gasteiger partial charge on any atom is -0.380 e. The lowest BCUT2D eigenvalue weighted by atomic mass is 10.1. The van der Waals surface area contributed by atoms with Gasteiger partial charge in [0.1, 0.15) is 5.02 Å². The van der Waals surface area contributed by atoms with Crippen LogP contribution in [0.15, 0.2) is 11.1 Å². The Kier molecular flexibility index (Phi) is 3.46. The number of H-pyrrole nitrogens is 1. The van der Waals surface area contributed by atoms with Gasteiger partial charge in [0.05, 0.1) is 12.4 Å². The molecule has 1 atom stereocenters. The van der Waals surface area contributed by atoms with E-state index in [4.69, 9.17) is 16.3 Å². The molecule has 5 nitrogen and oxygen atoms in total. The maximum absolute atomic E-state index is 11.3. The molecule has 0 bridgehead atoms. The summed E-state index contributed by atoms with van der Waals surface area (Å²) in [4.78, 5) is 19.9. The molecule has 2 heterocycles. The van der Waals surface area contributed by atoms with Crippen LogP contribution < -0.4 is 10.5 Å². The van der Waals surface area contributed by atoms with Gasteiger partial charge in [0.25, 0.3) is 5.56 Å². The van der Waals surface area contributed by atoms with Crippen molar-refractivity contribution >= 4 is 17.4 Å². The Labute approximate surface area is 98.4 Å². The Bertz CT molecular complexity index is 421. The number of aromatic amines is 1. The summed E-state index contributed by atoms with van der Waals surface area (Å²) in [6.07, 6.45) is 3.61. The van der Waals surface area contributed by atoms with E-state index in [0.717, 1.165) is 25.9 Å². The Hall–Kier alpha value is -1.07. The summed E-state index contributed by atoms with van der Waals surface area (Å²) in [5.41, 5.74) is -0.300. The second-order valence-corrected chi connectivity index (χ2v) is 4.19. The Balaban J connectivity index is 2.23. The van der Waals surface area contributed by atoms with E-state index in [9.17, 15) is 4.79 Å². The van der Waals surface area contributed by atoms with E-state index in [1.54, 1.807) is 7.11 Å². The Morgan fingerprint density at radius 1 is 1.69 bits per heavy atom. The van der Waals surface area contributed by atoms with Crippen LogP contribution in [0.25, 0.3) is 0 Å². The molecule has 1 N–H and O–H groups in total. The Morgan fingerprint density at radius 2 is 2.50 bits per heavy atom. The van der Waals surface area contributed by atoms with Crippen LogP contribution in [-0.2, 0) is 4.74 Å². The van der Waals surface area contributed by atoms with Gasteiger partial charge in [0.2, 0.25) is 0 Å². The molecule has 1 aromatic rings. The number of nitrogens with zero attached hydrogens (tertiary/aromatic N) is 2. The highest BCUT2D eigenvalue weighted by Gasteiger charge is 2.22. The van der Waals surface area contributed by atoms with Crippen LogP contribution in [0.1, 0.15) is 12.8 Å². The lowest BCUT2D eigenvalue weighted by Gasteiger charge is -2.32. The average molecular weight is 244 g/mol. The van der Waals surface area contributed by atoms with Crippen molar-refractivity contribution in [2.45, 2.75) is 18.9 Å². The number of rotatable bonds is 2. The van der Waals surface area contributed by atoms with E-state index in [-0.39, 0.29) is 16.7 Å². The third kappa shape index (κ3) is 2.20. The van der Waals surface area contributed by atoms with Gasteiger partial charge in [-0.2, -0.15) is 0 Å². The predicted octanol–water partition coefficient (Wildman–Crippen LogP) is 1.04. The zero-order chi connectivity index (χ0) is 11.5. The minimum absolute atomic E-state index is 0.152. The van der Waals surface area contributed by atoms with Crippen LogP contribution in [0.4, 0.5) is 5.82 Å².